The Balaban J connectivity index is 2.69. The van der Waals surface area contributed by atoms with Gasteiger partial charge in [-0.25, -0.2) is 4.79 Å². The number of hydrogen-bond acceptors (Lipinski definition) is 2. The van der Waals surface area contributed by atoms with Crippen LogP contribution in [0.15, 0.2) is 48.7 Å². The van der Waals surface area contributed by atoms with E-state index in [4.69, 9.17) is 9.84 Å². The molecule has 0 bridgehead atoms. The van der Waals surface area contributed by atoms with Crippen LogP contribution in [0.3, 0.4) is 0 Å². The lowest BCUT2D eigenvalue weighted by atomic mass is 9.99. The van der Waals surface area contributed by atoms with E-state index in [1.807, 2.05) is 36.4 Å². The van der Waals surface area contributed by atoms with Crippen LogP contribution in [0, 0.1) is 0 Å². The Hall–Kier alpha value is -2.29. The monoisotopic (exact) mass is 228 g/mol. The first-order valence-corrected chi connectivity index (χ1v) is 5.18. The molecule has 0 aliphatic carbocycles. The molecule has 0 fully saturated rings. The van der Waals surface area contributed by atoms with Gasteiger partial charge in [-0.2, -0.15) is 0 Å². The SMILES string of the molecule is COC=C(C(=O)O)c1cccc2ccccc12. The minimum absolute atomic E-state index is 0.157. The number of hydrogen-bond donors (Lipinski definition) is 1. The van der Waals surface area contributed by atoms with Gasteiger partial charge < -0.3 is 9.84 Å². The summed E-state index contributed by atoms with van der Waals surface area (Å²) in [7, 11) is 1.44. The van der Waals surface area contributed by atoms with E-state index in [0.29, 0.717) is 5.56 Å². The van der Waals surface area contributed by atoms with Gasteiger partial charge in [0.25, 0.3) is 0 Å². The van der Waals surface area contributed by atoms with Crippen LogP contribution in [0.25, 0.3) is 16.3 Å². The number of carboxylic acid groups (broad SMARTS) is 1. The smallest absolute Gasteiger partial charge is 0.339 e. The van der Waals surface area contributed by atoms with Crippen LogP contribution in [-0.4, -0.2) is 18.2 Å². The van der Waals surface area contributed by atoms with Crippen molar-refractivity contribution in [1.82, 2.24) is 0 Å². The summed E-state index contributed by atoms with van der Waals surface area (Å²) in [6.07, 6.45) is 1.25. The first kappa shape index (κ1) is 11.2. The highest BCUT2D eigenvalue weighted by Crippen LogP contribution is 2.25. The molecule has 0 aromatic heterocycles. The second kappa shape index (κ2) is 4.70. The summed E-state index contributed by atoms with van der Waals surface area (Å²) < 4.78 is 4.83. The maximum absolute atomic E-state index is 11.2. The maximum Gasteiger partial charge on any atom is 0.339 e. The number of aliphatic carboxylic acids is 1. The molecule has 2 aromatic rings. The molecule has 0 heterocycles. The standard InChI is InChI=1S/C14H12O3/c1-17-9-13(14(15)16)12-8-4-6-10-5-2-3-7-11(10)12/h2-9H,1H3,(H,15,16). The van der Waals surface area contributed by atoms with Gasteiger partial charge in [-0.3, -0.25) is 0 Å². The first-order chi connectivity index (χ1) is 8.24. The van der Waals surface area contributed by atoms with Crippen LogP contribution < -0.4 is 0 Å². The molecule has 0 unspecified atom stereocenters. The van der Waals surface area contributed by atoms with E-state index >= 15 is 0 Å². The molecule has 0 aliphatic rings. The van der Waals surface area contributed by atoms with E-state index in [1.165, 1.54) is 13.4 Å². The van der Waals surface area contributed by atoms with Crippen molar-refractivity contribution in [3.63, 3.8) is 0 Å². The zero-order valence-corrected chi connectivity index (χ0v) is 9.38. The molecule has 2 aromatic carbocycles. The molecule has 1 N–H and O–H groups in total. The molecular formula is C14H12O3. The number of rotatable bonds is 3. The van der Waals surface area contributed by atoms with Crippen LogP contribution in [0.1, 0.15) is 5.56 Å². The van der Waals surface area contributed by atoms with Gasteiger partial charge in [-0.1, -0.05) is 42.5 Å². The van der Waals surface area contributed by atoms with E-state index in [9.17, 15) is 4.79 Å². The van der Waals surface area contributed by atoms with Crippen molar-refractivity contribution < 1.29 is 14.6 Å². The highest BCUT2D eigenvalue weighted by molar-refractivity contribution is 6.19. The molecule has 3 heteroatoms. The molecule has 2 rings (SSSR count). The van der Waals surface area contributed by atoms with Crippen LogP contribution in [0.4, 0.5) is 0 Å². The van der Waals surface area contributed by atoms with Gasteiger partial charge in [0.15, 0.2) is 0 Å². The number of methoxy groups -OCH3 is 1. The molecule has 3 nitrogen and oxygen atoms in total. The van der Waals surface area contributed by atoms with Crippen molar-refractivity contribution in [3.05, 3.63) is 54.3 Å². The second-order valence-corrected chi connectivity index (χ2v) is 3.60. The van der Waals surface area contributed by atoms with Gasteiger partial charge in [-0.05, 0) is 16.3 Å². The van der Waals surface area contributed by atoms with E-state index in [1.54, 1.807) is 6.07 Å². The average Bonchev–Trinajstić information content (AvgIpc) is 2.35. The Morgan fingerprint density at radius 3 is 2.59 bits per heavy atom. The van der Waals surface area contributed by atoms with Crippen LogP contribution in [0.5, 0.6) is 0 Å². The van der Waals surface area contributed by atoms with Gasteiger partial charge in [0.2, 0.25) is 0 Å². The van der Waals surface area contributed by atoms with Gasteiger partial charge >= 0.3 is 5.97 Å². The third-order valence-corrected chi connectivity index (χ3v) is 2.55. The molecule has 0 spiro atoms. The fourth-order valence-electron chi connectivity index (χ4n) is 1.81. The summed E-state index contributed by atoms with van der Waals surface area (Å²) in [5, 5.41) is 11.1. The minimum atomic E-state index is -0.997. The zero-order chi connectivity index (χ0) is 12.3. The third kappa shape index (κ3) is 2.13. The lowest BCUT2D eigenvalue weighted by Crippen LogP contribution is -2.01. The van der Waals surface area contributed by atoms with Crippen LogP contribution in [0.2, 0.25) is 0 Å². The van der Waals surface area contributed by atoms with E-state index < -0.39 is 5.97 Å². The maximum atomic E-state index is 11.2. The van der Waals surface area contributed by atoms with Crippen molar-refractivity contribution in [2.45, 2.75) is 0 Å². The summed E-state index contributed by atoms with van der Waals surface area (Å²) >= 11 is 0. The Bertz CT molecular complexity index is 580. The van der Waals surface area contributed by atoms with E-state index in [0.717, 1.165) is 10.8 Å². The Labute approximate surface area is 99.0 Å². The largest absolute Gasteiger partial charge is 0.503 e. The van der Waals surface area contributed by atoms with Crippen molar-refractivity contribution >= 4 is 22.3 Å². The van der Waals surface area contributed by atoms with Crippen LogP contribution in [-0.2, 0) is 9.53 Å². The summed E-state index contributed by atoms with van der Waals surface area (Å²) in [6, 6.07) is 13.2. The summed E-state index contributed by atoms with van der Waals surface area (Å²) in [5.74, 6) is -0.997. The summed E-state index contributed by atoms with van der Waals surface area (Å²) in [4.78, 5) is 11.2. The minimum Gasteiger partial charge on any atom is -0.503 e. The number of carboxylic acids is 1. The van der Waals surface area contributed by atoms with Crippen molar-refractivity contribution in [2.75, 3.05) is 7.11 Å². The first-order valence-electron chi connectivity index (χ1n) is 5.18. The Morgan fingerprint density at radius 1 is 1.18 bits per heavy atom. The Morgan fingerprint density at radius 2 is 1.88 bits per heavy atom. The third-order valence-electron chi connectivity index (χ3n) is 2.55. The molecule has 86 valence electrons. The average molecular weight is 228 g/mol. The number of ether oxygens (including phenoxy) is 1. The lowest BCUT2D eigenvalue weighted by Gasteiger charge is -2.06. The zero-order valence-electron chi connectivity index (χ0n) is 9.38. The highest BCUT2D eigenvalue weighted by atomic mass is 16.5. The molecule has 0 atom stereocenters. The van der Waals surface area contributed by atoms with E-state index in [-0.39, 0.29) is 5.57 Å². The molecule has 0 aliphatic heterocycles. The lowest BCUT2D eigenvalue weighted by molar-refractivity contribution is -0.130. The fourth-order valence-corrected chi connectivity index (χ4v) is 1.81. The van der Waals surface area contributed by atoms with Gasteiger partial charge in [0.1, 0.15) is 5.57 Å². The van der Waals surface area contributed by atoms with Gasteiger partial charge in [-0.15, -0.1) is 0 Å². The topological polar surface area (TPSA) is 46.5 Å². The van der Waals surface area contributed by atoms with E-state index in [2.05, 4.69) is 0 Å². The van der Waals surface area contributed by atoms with Gasteiger partial charge in [0.05, 0.1) is 13.4 Å². The molecular weight excluding hydrogens is 216 g/mol. The molecule has 0 saturated heterocycles. The van der Waals surface area contributed by atoms with Crippen LogP contribution >= 0.6 is 0 Å². The predicted octanol–water partition coefficient (Wildman–Crippen LogP) is 2.91. The predicted molar refractivity (Wildman–Crippen MR) is 66.6 cm³/mol. The molecule has 0 saturated carbocycles. The molecule has 0 amide bonds. The molecule has 0 radical (unpaired) electrons. The fraction of sp³-hybridized carbons (Fsp3) is 0.0714. The Kier molecular flexibility index (Phi) is 3.10. The van der Waals surface area contributed by atoms with Crippen molar-refractivity contribution in [3.8, 4) is 0 Å². The summed E-state index contributed by atoms with van der Waals surface area (Å²) in [6.45, 7) is 0. The normalized spacial score (nSPS) is 11.5. The number of carbonyl (C=O) groups is 1. The number of benzene rings is 2. The van der Waals surface area contributed by atoms with Crippen molar-refractivity contribution in [2.24, 2.45) is 0 Å². The molecule has 17 heavy (non-hydrogen) atoms. The van der Waals surface area contributed by atoms with Crippen molar-refractivity contribution in [1.29, 1.82) is 0 Å². The van der Waals surface area contributed by atoms with Gasteiger partial charge in [0, 0.05) is 0 Å². The number of fused-ring (bicyclic) bond motifs is 1. The summed E-state index contributed by atoms with van der Waals surface area (Å²) in [5.41, 5.74) is 0.821. The highest BCUT2D eigenvalue weighted by Gasteiger charge is 2.13. The second-order valence-electron chi connectivity index (χ2n) is 3.60. The quantitative estimate of drug-likeness (QED) is 0.649.